The van der Waals surface area contributed by atoms with Crippen LogP contribution in [-0.2, 0) is 13.6 Å². The maximum atomic E-state index is 3.44. The van der Waals surface area contributed by atoms with E-state index in [1.807, 2.05) is 0 Å². The van der Waals surface area contributed by atoms with E-state index in [0.717, 1.165) is 19.6 Å². The van der Waals surface area contributed by atoms with Crippen LogP contribution in [0.2, 0.25) is 0 Å². The van der Waals surface area contributed by atoms with Gasteiger partial charge < -0.3 is 14.8 Å². The number of nitrogens with one attached hydrogen (secondary N) is 1. The molecule has 1 heterocycles. The van der Waals surface area contributed by atoms with Gasteiger partial charge in [-0.2, -0.15) is 0 Å². The van der Waals surface area contributed by atoms with Gasteiger partial charge in [-0.25, -0.2) is 0 Å². The van der Waals surface area contributed by atoms with Crippen molar-refractivity contribution in [1.29, 1.82) is 0 Å². The lowest BCUT2D eigenvalue weighted by molar-refractivity contribution is 0.394. The first-order valence-corrected chi connectivity index (χ1v) is 5.16. The van der Waals surface area contributed by atoms with E-state index in [2.05, 4.69) is 54.3 Å². The van der Waals surface area contributed by atoms with E-state index < -0.39 is 0 Å². The Kier molecular flexibility index (Phi) is 11.3. The Labute approximate surface area is 111 Å². The van der Waals surface area contributed by atoms with Crippen molar-refractivity contribution in [3.8, 4) is 0 Å². The van der Waals surface area contributed by atoms with Gasteiger partial charge in [-0.3, -0.25) is 0 Å². The van der Waals surface area contributed by atoms with Crippen molar-refractivity contribution in [2.75, 3.05) is 27.2 Å². The SMILES string of the molecule is CN(C)CCCNCc1cccn1C.Cl.Cl. The topological polar surface area (TPSA) is 20.2 Å². The van der Waals surface area contributed by atoms with Crippen LogP contribution in [0.3, 0.4) is 0 Å². The fraction of sp³-hybridized carbons (Fsp3) is 0.636. The van der Waals surface area contributed by atoms with Gasteiger partial charge in [0.1, 0.15) is 0 Å². The summed E-state index contributed by atoms with van der Waals surface area (Å²) in [5.41, 5.74) is 1.34. The monoisotopic (exact) mass is 267 g/mol. The minimum absolute atomic E-state index is 0. The molecule has 0 radical (unpaired) electrons. The van der Waals surface area contributed by atoms with Gasteiger partial charge in [0, 0.05) is 25.5 Å². The van der Waals surface area contributed by atoms with E-state index in [0.29, 0.717) is 0 Å². The molecule has 96 valence electrons. The molecule has 0 unspecified atom stereocenters. The van der Waals surface area contributed by atoms with Crippen LogP contribution in [0, 0.1) is 0 Å². The molecule has 3 nitrogen and oxygen atoms in total. The maximum Gasteiger partial charge on any atom is 0.0359 e. The zero-order chi connectivity index (χ0) is 10.4. The Hall–Kier alpha value is -0.220. The lowest BCUT2D eigenvalue weighted by atomic mass is 10.3. The van der Waals surface area contributed by atoms with Gasteiger partial charge in [0.25, 0.3) is 0 Å². The van der Waals surface area contributed by atoms with E-state index in [1.54, 1.807) is 0 Å². The molecule has 1 aromatic heterocycles. The summed E-state index contributed by atoms with van der Waals surface area (Å²) in [5, 5.41) is 3.44. The first-order chi connectivity index (χ1) is 6.70. The molecule has 5 heteroatoms. The number of halogens is 2. The molecule has 0 spiro atoms. The van der Waals surface area contributed by atoms with Crippen molar-refractivity contribution >= 4 is 24.8 Å². The first kappa shape index (κ1) is 18.2. The number of hydrogen-bond donors (Lipinski definition) is 1. The second kappa shape index (κ2) is 9.97. The van der Waals surface area contributed by atoms with E-state index in [1.165, 1.54) is 12.1 Å². The average molecular weight is 268 g/mol. The molecule has 0 bridgehead atoms. The highest BCUT2D eigenvalue weighted by Crippen LogP contribution is 1.98. The third-order valence-corrected chi connectivity index (χ3v) is 2.32. The average Bonchev–Trinajstić information content (AvgIpc) is 2.51. The summed E-state index contributed by atoms with van der Waals surface area (Å²) in [5.74, 6) is 0. The van der Waals surface area contributed by atoms with Crippen molar-refractivity contribution in [3.05, 3.63) is 24.0 Å². The minimum Gasteiger partial charge on any atom is -0.353 e. The van der Waals surface area contributed by atoms with Crippen molar-refractivity contribution < 1.29 is 0 Å². The van der Waals surface area contributed by atoms with Gasteiger partial charge in [0.05, 0.1) is 0 Å². The number of rotatable bonds is 6. The van der Waals surface area contributed by atoms with E-state index in [9.17, 15) is 0 Å². The van der Waals surface area contributed by atoms with Gasteiger partial charge in [-0.1, -0.05) is 0 Å². The third-order valence-electron chi connectivity index (χ3n) is 2.32. The van der Waals surface area contributed by atoms with Crippen LogP contribution in [-0.4, -0.2) is 36.7 Å². The molecule has 0 saturated carbocycles. The number of aryl methyl sites for hydroxylation is 1. The van der Waals surface area contributed by atoms with Crippen LogP contribution in [0.5, 0.6) is 0 Å². The Morgan fingerprint density at radius 2 is 2.00 bits per heavy atom. The largest absolute Gasteiger partial charge is 0.353 e. The van der Waals surface area contributed by atoms with Crippen molar-refractivity contribution in [2.24, 2.45) is 7.05 Å². The van der Waals surface area contributed by atoms with Gasteiger partial charge >= 0.3 is 0 Å². The van der Waals surface area contributed by atoms with Crippen LogP contribution >= 0.6 is 24.8 Å². The molecule has 0 atom stereocenters. The van der Waals surface area contributed by atoms with Crippen LogP contribution in [0.15, 0.2) is 18.3 Å². The van der Waals surface area contributed by atoms with Crippen LogP contribution in [0.1, 0.15) is 12.1 Å². The van der Waals surface area contributed by atoms with Gasteiger partial charge in [-0.05, 0) is 45.7 Å². The summed E-state index contributed by atoms with van der Waals surface area (Å²) in [6, 6.07) is 4.23. The van der Waals surface area contributed by atoms with Gasteiger partial charge in [-0.15, -0.1) is 24.8 Å². The Morgan fingerprint density at radius 1 is 1.31 bits per heavy atom. The van der Waals surface area contributed by atoms with Crippen LogP contribution in [0.25, 0.3) is 0 Å². The second-order valence-corrected chi connectivity index (χ2v) is 3.94. The maximum absolute atomic E-state index is 3.44. The standard InChI is InChI=1S/C11H21N3.2ClH/c1-13(2)8-5-7-12-10-11-6-4-9-14(11)3;;/h4,6,9,12H,5,7-8,10H2,1-3H3;2*1H. The summed E-state index contributed by atoms with van der Waals surface area (Å²) < 4.78 is 2.15. The fourth-order valence-electron chi connectivity index (χ4n) is 1.42. The van der Waals surface area contributed by atoms with E-state index >= 15 is 0 Å². The molecular weight excluding hydrogens is 245 g/mol. The normalized spacial score (nSPS) is 9.75. The van der Waals surface area contributed by atoms with E-state index in [4.69, 9.17) is 0 Å². The first-order valence-electron chi connectivity index (χ1n) is 5.16. The van der Waals surface area contributed by atoms with Crippen LogP contribution in [0.4, 0.5) is 0 Å². The van der Waals surface area contributed by atoms with Gasteiger partial charge in [0.2, 0.25) is 0 Å². The Bertz CT molecular complexity index is 261. The molecule has 1 aromatic rings. The summed E-state index contributed by atoms with van der Waals surface area (Å²) in [6.07, 6.45) is 3.29. The minimum atomic E-state index is 0. The highest BCUT2D eigenvalue weighted by Gasteiger charge is 1.95. The molecule has 0 amide bonds. The lowest BCUT2D eigenvalue weighted by Crippen LogP contribution is -2.21. The summed E-state index contributed by atoms with van der Waals surface area (Å²) in [4.78, 5) is 2.21. The van der Waals surface area contributed by atoms with E-state index in [-0.39, 0.29) is 24.8 Å². The molecule has 0 aliphatic heterocycles. The molecule has 0 aliphatic rings. The smallest absolute Gasteiger partial charge is 0.0359 e. The summed E-state index contributed by atoms with van der Waals surface area (Å²) in [6.45, 7) is 3.21. The fourth-order valence-corrected chi connectivity index (χ4v) is 1.42. The van der Waals surface area contributed by atoms with Crippen LogP contribution < -0.4 is 5.32 Å². The Balaban J connectivity index is 0. The molecule has 1 N–H and O–H groups in total. The summed E-state index contributed by atoms with van der Waals surface area (Å²) in [7, 11) is 6.30. The molecule has 16 heavy (non-hydrogen) atoms. The van der Waals surface area contributed by atoms with Crippen molar-refractivity contribution in [2.45, 2.75) is 13.0 Å². The molecule has 0 fully saturated rings. The lowest BCUT2D eigenvalue weighted by Gasteiger charge is -2.10. The second-order valence-electron chi connectivity index (χ2n) is 3.94. The zero-order valence-corrected chi connectivity index (χ0v) is 11.9. The highest BCUT2D eigenvalue weighted by molar-refractivity contribution is 5.85. The molecule has 0 aliphatic carbocycles. The predicted octanol–water partition coefficient (Wildman–Crippen LogP) is 1.91. The molecule has 0 aromatic carbocycles. The third kappa shape index (κ3) is 7.12. The zero-order valence-electron chi connectivity index (χ0n) is 10.3. The molecule has 1 rings (SSSR count). The highest BCUT2D eigenvalue weighted by atomic mass is 35.5. The molecule has 0 saturated heterocycles. The van der Waals surface area contributed by atoms with Crippen molar-refractivity contribution in [1.82, 2.24) is 14.8 Å². The quantitative estimate of drug-likeness (QED) is 0.795. The summed E-state index contributed by atoms with van der Waals surface area (Å²) >= 11 is 0. The number of nitrogens with zero attached hydrogens (tertiary/aromatic N) is 2. The Morgan fingerprint density at radius 3 is 2.50 bits per heavy atom. The van der Waals surface area contributed by atoms with Gasteiger partial charge in [0.15, 0.2) is 0 Å². The van der Waals surface area contributed by atoms with Crippen molar-refractivity contribution in [3.63, 3.8) is 0 Å². The predicted molar refractivity (Wildman–Crippen MR) is 74.8 cm³/mol. The molecular formula is C11H23Cl2N3. The number of aromatic nitrogens is 1. The number of hydrogen-bond acceptors (Lipinski definition) is 2.